The second-order valence-corrected chi connectivity index (χ2v) is 8.58. The molecular formula is C19H21N3O4S. The summed E-state index contributed by atoms with van der Waals surface area (Å²) in [7, 11) is 0. The highest BCUT2D eigenvalue weighted by atomic mass is 32.2. The van der Waals surface area contributed by atoms with Gasteiger partial charge in [-0.2, -0.15) is 0 Å². The quantitative estimate of drug-likeness (QED) is 0.694. The molecule has 1 fully saturated rings. The summed E-state index contributed by atoms with van der Waals surface area (Å²) in [5.74, 6) is -2.09. The van der Waals surface area contributed by atoms with Gasteiger partial charge in [-0.05, 0) is 31.0 Å². The molecule has 4 N–H and O–H groups in total. The summed E-state index contributed by atoms with van der Waals surface area (Å²) in [5, 5.41) is 10.2. The number of benzene rings is 1. The van der Waals surface area contributed by atoms with Crippen molar-refractivity contribution in [2.24, 2.45) is 5.73 Å². The Bertz CT molecular complexity index is 983. The fourth-order valence-electron chi connectivity index (χ4n) is 3.53. The minimum absolute atomic E-state index is 0.0471. The van der Waals surface area contributed by atoms with Gasteiger partial charge >= 0.3 is 5.97 Å². The van der Waals surface area contributed by atoms with Crippen LogP contribution in [0.3, 0.4) is 0 Å². The number of aromatic nitrogens is 1. The van der Waals surface area contributed by atoms with Crippen LogP contribution < -0.4 is 11.2 Å². The minimum atomic E-state index is -0.911. The van der Waals surface area contributed by atoms with Gasteiger partial charge in [0.05, 0.1) is 12.3 Å². The van der Waals surface area contributed by atoms with Gasteiger partial charge in [-0.25, -0.2) is 0 Å². The number of carbonyl (C=O) groups excluding carboxylic acids is 1. The molecule has 142 valence electrons. The topological polar surface area (TPSA) is 116 Å². The van der Waals surface area contributed by atoms with Crippen LogP contribution in [-0.4, -0.2) is 45.2 Å². The van der Waals surface area contributed by atoms with Gasteiger partial charge in [0.15, 0.2) is 5.43 Å². The average molecular weight is 387 g/mol. The van der Waals surface area contributed by atoms with E-state index in [2.05, 4.69) is 4.98 Å². The van der Waals surface area contributed by atoms with Crippen LogP contribution in [0.1, 0.15) is 36.4 Å². The molecule has 7 nitrogen and oxygen atoms in total. The average Bonchev–Trinajstić information content (AvgIpc) is 3.44. The van der Waals surface area contributed by atoms with Gasteiger partial charge in [-0.3, -0.25) is 19.3 Å². The Morgan fingerprint density at radius 3 is 2.78 bits per heavy atom. The standard InChI is InChI=1S/C19H21N3O4S/c20-19(26)14-9-22(6-5-16(23)24)8-13-17(14)21-15-4-3-11(27-10-1-2-10)7-12(15)18(13)25/h3-4,7,10,14H,1-2,5-6,8-9H2,(H2,20,26)(H,21,25)(H,23,24). The van der Waals surface area contributed by atoms with Gasteiger partial charge in [-0.1, -0.05) is 0 Å². The molecule has 1 amide bonds. The van der Waals surface area contributed by atoms with E-state index in [9.17, 15) is 14.4 Å². The first-order valence-electron chi connectivity index (χ1n) is 9.01. The van der Waals surface area contributed by atoms with Crippen LogP contribution in [0, 0.1) is 0 Å². The van der Waals surface area contributed by atoms with E-state index in [0.717, 1.165) is 4.90 Å². The number of primary amides is 1. The number of rotatable bonds is 6. The molecule has 1 aromatic carbocycles. The minimum Gasteiger partial charge on any atom is -0.481 e. The van der Waals surface area contributed by atoms with Crippen molar-refractivity contribution in [3.05, 3.63) is 39.7 Å². The third kappa shape index (κ3) is 3.72. The van der Waals surface area contributed by atoms with E-state index in [1.54, 1.807) is 11.8 Å². The fraction of sp³-hybridized carbons (Fsp3) is 0.421. The number of pyridine rings is 1. The van der Waals surface area contributed by atoms with E-state index in [4.69, 9.17) is 10.8 Å². The zero-order chi connectivity index (χ0) is 19.1. The van der Waals surface area contributed by atoms with Crippen LogP contribution in [0.25, 0.3) is 10.9 Å². The van der Waals surface area contributed by atoms with Crippen molar-refractivity contribution >= 4 is 34.5 Å². The maximum Gasteiger partial charge on any atom is 0.304 e. The van der Waals surface area contributed by atoms with Gasteiger partial charge in [0.1, 0.15) is 0 Å². The molecule has 2 aliphatic rings. The molecule has 1 aromatic heterocycles. The third-order valence-electron chi connectivity index (χ3n) is 5.09. The summed E-state index contributed by atoms with van der Waals surface area (Å²) in [6, 6.07) is 5.79. The number of thioether (sulfide) groups is 1. The summed E-state index contributed by atoms with van der Waals surface area (Å²) in [5.41, 5.74) is 7.24. The number of aromatic amines is 1. The number of carboxylic acid groups (broad SMARTS) is 1. The lowest BCUT2D eigenvalue weighted by molar-refractivity contribution is -0.137. The summed E-state index contributed by atoms with van der Waals surface area (Å²) >= 11 is 1.79. The van der Waals surface area contributed by atoms with E-state index in [1.165, 1.54) is 12.8 Å². The highest BCUT2D eigenvalue weighted by Gasteiger charge is 2.32. The van der Waals surface area contributed by atoms with E-state index in [1.807, 2.05) is 23.1 Å². The van der Waals surface area contributed by atoms with Crippen LogP contribution in [-0.2, 0) is 16.1 Å². The Morgan fingerprint density at radius 2 is 2.11 bits per heavy atom. The van der Waals surface area contributed by atoms with Crippen LogP contribution in [0.5, 0.6) is 0 Å². The second-order valence-electron chi connectivity index (χ2n) is 7.20. The molecule has 1 unspecified atom stereocenters. The molecule has 1 aliphatic heterocycles. The largest absolute Gasteiger partial charge is 0.481 e. The van der Waals surface area contributed by atoms with Crippen molar-refractivity contribution in [3.63, 3.8) is 0 Å². The van der Waals surface area contributed by atoms with Crippen molar-refractivity contribution in [2.45, 2.75) is 41.9 Å². The second kappa shape index (κ2) is 7.01. The predicted octanol–water partition coefficient (Wildman–Crippen LogP) is 1.64. The third-order valence-corrected chi connectivity index (χ3v) is 6.42. The number of fused-ring (bicyclic) bond motifs is 2. The Balaban J connectivity index is 1.75. The number of H-pyrrole nitrogens is 1. The SMILES string of the molecule is NC(=O)C1CN(CCC(=O)O)Cc2c1[nH]c1ccc(SC3CC3)cc1c2=O. The van der Waals surface area contributed by atoms with Crippen molar-refractivity contribution in [2.75, 3.05) is 13.1 Å². The number of carbonyl (C=O) groups is 2. The van der Waals surface area contributed by atoms with E-state index in [0.29, 0.717) is 40.5 Å². The lowest BCUT2D eigenvalue weighted by Gasteiger charge is -2.32. The molecule has 1 saturated carbocycles. The number of amides is 1. The van der Waals surface area contributed by atoms with Gasteiger partial charge in [0, 0.05) is 51.9 Å². The summed E-state index contributed by atoms with van der Waals surface area (Å²) in [6.45, 7) is 0.901. The molecule has 8 heteroatoms. The first kappa shape index (κ1) is 18.1. The van der Waals surface area contributed by atoms with Crippen molar-refractivity contribution in [3.8, 4) is 0 Å². The molecule has 4 rings (SSSR count). The Morgan fingerprint density at radius 1 is 1.33 bits per heavy atom. The highest BCUT2D eigenvalue weighted by molar-refractivity contribution is 8.00. The molecule has 27 heavy (non-hydrogen) atoms. The maximum absolute atomic E-state index is 13.2. The molecule has 1 atom stereocenters. The predicted molar refractivity (Wildman–Crippen MR) is 103 cm³/mol. The van der Waals surface area contributed by atoms with Gasteiger partial charge in [0.25, 0.3) is 0 Å². The number of nitrogens with two attached hydrogens (primary N) is 1. The number of aliphatic carboxylic acids is 1. The normalized spacial score (nSPS) is 19.8. The van der Waals surface area contributed by atoms with Gasteiger partial charge < -0.3 is 15.8 Å². The summed E-state index contributed by atoms with van der Waals surface area (Å²) in [4.78, 5) is 42.2. The van der Waals surface area contributed by atoms with Crippen LogP contribution in [0.15, 0.2) is 27.9 Å². The van der Waals surface area contributed by atoms with Crippen molar-refractivity contribution in [1.29, 1.82) is 0 Å². The molecule has 2 heterocycles. The fourth-order valence-corrected chi connectivity index (χ4v) is 4.61. The van der Waals surface area contributed by atoms with Crippen LogP contribution >= 0.6 is 11.8 Å². The monoisotopic (exact) mass is 387 g/mol. The lowest BCUT2D eigenvalue weighted by atomic mass is 9.92. The Kier molecular flexibility index (Phi) is 4.69. The van der Waals surface area contributed by atoms with Crippen LogP contribution in [0.4, 0.5) is 0 Å². The molecular weight excluding hydrogens is 366 g/mol. The number of hydrogen-bond donors (Lipinski definition) is 3. The van der Waals surface area contributed by atoms with E-state index in [-0.39, 0.29) is 18.4 Å². The first-order chi connectivity index (χ1) is 12.9. The van der Waals surface area contributed by atoms with Crippen molar-refractivity contribution < 1.29 is 14.7 Å². The number of nitrogens with zero attached hydrogens (tertiary/aromatic N) is 1. The molecule has 0 saturated heterocycles. The number of nitrogens with one attached hydrogen (secondary N) is 1. The maximum atomic E-state index is 13.2. The first-order valence-corrected chi connectivity index (χ1v) is 9.89. The summed E-state index contributed by atoms with van der Waals surface area (Å²) < 4.78 is 0. The molecule has 0 spiro atoms. The smallest absolute Gasteiger partial charge is 0.304 e. The van der Waals surface area contributed by atoms with Crippen molar-refractivity contribution in [1.82, 2.24) is 9.88 Å². The van der Waals surface area contributed by atoms with Crippen LogP contribution in [0.2, 0.25) is 0 Å². The van der Waals surface area contributed by atoms with E-state index < -0.39 is 17.8 Å². The van der Waals surface area contributed by atoms with Gasteiger partial charge in [0.2, 0.25) is 5.91 Å². The zero-order valence-corrected chi connectivity index (χ0v) is 15.6. The molecule has 2 aromatic rings. The molecule has 0 radical (unpaired) electrons. The molecule has 1 aliphatic carbocycles. The highest BCUT2D eigenvalue weighted by Crippen LogP contribution is 2.39. The Labute approximate surface area is 159 Å². The number of hydrogen-bond acceptors (Lipinski definition) is 5. The lowest BCUT2D eigenvalue weighted by Crippen LogP contribution is -2.42. The summed E-state index contributed by atoms with van der Waals surface area (Å²) in [6.07, 6.45) is 2.37. The van der Waals surface area contributed by atoms with E-state index >= 15 is 0 Å². The number of carboxylic acids is 1. The molecule has 0 bridgehead atoms. The Hall–Kier alpha value is -2.32. The zero-order valence-electron chi connectivity index (χ0n) is 14.7. The van der Waals surface area contributed by atoms with Gasteiger partial charge in [-0.15, -0.1) is 11.8 Å².